The summed E-state index contributed by atoms with van der Waals surface area (Å²) in [6.07, 6.45) is 0. The molecular formula is C12H15N5O2S. The number of hydrogen-bond donors (Lipinski definition) is 3. The maximum absolute atomic E-state index is 11.4. The van der Waals surface area contributed by atoms with Crippen LogP contribution in [0.15, 0.2) is 34.2 Å². The highest BCUT2D eigenvalue weighted by Gasteiger charge is 2.08. The number of thioether (sulfide) groups is 1. The number of rotatable bonds is 5. The Kier molecular flexibility index (Phi) is 4.59. The van der Waals surface area contributed by atoms with E-state index in [0.29, 0.717) is 23.0 Å². The van der Waals surface area contributed by atoms with Gasteiger partial charge in [-0.2, -0.15) is 0 Å². The zero-order valence-corrected chi connectivity index (χ0v) is 11.7. The molecule has 8 heteroatoms. The van der Waals surface area contributed by atoms with E-state index in [4.69, 9.17) is 5.84 Å². The molecule has 0 saturated heterocycles. The molecule has 0 unspecified atom stereocenters. The van der Waals surface area contributed by atoms with Gasteiger partial charge in [0, 0.05) is 17.9 Å². The average molecular weight is 293 g/mol. The molecule has 2 rings (SSSR count). The van der Waals surface area contributed by atoms with Crippen molar-refractivity contribution in [3.05, 3.63) is 45.9 Å². The highest BCUT2D eigenvalue weighted by atomic mass is 32.2. The Labute approximate surface area is 119 Å². The lowest BCUT2D eigenvalue weighted by molar-refractivity contribution is 0.0953. The third-order valence-electron chi connectivity index (χ3n) is 2.73. The number of nitrogens with two attached hydrogens (primary N) is 1. The molecular weight excluding hydrogens is 278 g/mol. The monoisotopic (exact) mass is 293 g/mol. The lowest BCUT2D eigenvalue weighted by atomic mass is 10.1. The minimum atomic E-state index is -0.331. The van der Waals surface area contributed by atoms with Crippen LogP contribution in [0.25, 0.3) is 0 Å². The quantitative estimate of drug-likeness (QED) is 0.322. The van der Waals surface area contributed by atoms with E-state index >= 15 is 0 Å². The molecule has 1 amide bonds. The van der Waals surface area contributed by atoms with Gasteiger partial charge < -0.3 is 0 Å². The Morgan fingerprint density at radius 3 is 3.05 bits per heavy atom. The van der Waals surface area contributed by atoms with E-state index in [1.807, 2.05) is 13.0 Å². The minimum Gasteiger partial charge on any atom is -0.290 e. The average Bonchev–Trinajstić information content (AvgIpc) is 2.84. The second-order valence-corrected chi connectivity index (χ2v) is 4.96. The lowest BCUT2D eigenvalue weighted by Gasteiger charge is -2.04. The summed E-state index contributed by atoms with van der Waals surface area (Å²) in [4.78, 5) is 22.9. The maximum atomic E-state index is 11.4. The Balaban J connectivity index is 2.11. The minimum absolute atomic E-state index is 0.216. The Bertz CT molecular complexity index is 664. The number of nitrogen functional groups attached to an aromatic ring is 1. The summed E-state index contributed by atoms with van der Waals surface area (Å²) in [7, 11) is 0. The molecule has 0 atom stereocenters. The van der Waals surface area contributed by atoms with Gasteiger partial charge in [-0.05, 0) is 24.6 Å². The van der Waals surface area contributed by atoms with Gasteiger partial charge in [0.2, 0.25) is 0 Å². The van der Waals surface area contributed by atoms with Gasteiger partial charge in [-0.15, -0.1) is 5.10 Å². The molecule has 20 heavy (non-hydrogen) atoms. The van der Waals surface area contributed by atoms with Crippen LogP contribution in [0, 0.1) is 0 Å². The number of hydrazine groups is 1. The standard InChI is InChI=1S/C12H15N5O2S/c1-2-17-11(19)15-16-12(17)20-7-8-4-3-5-9(6-8)10(18)14-13/h3-6H,2,7,13H2,1H3,(H,14,18)(H,15,19). The van der Waals surface area contributed by atoms with Crippen LogP contribution in [-0.2, 0) is 12.3 Å². The fraction of sp³-hybridized carbons (Fsp3) is 0.250. The van der Waals surface area contributed by atoms with E-state index < -0.39 is 0 Å². The van der Waals surface area contributed by atoms with Gasteiger partial charge in [-0.1, -0.05) is 23.9 Å². The van der Waals surface area contributed by atoms with Crippen LogP contribution in [0.4, 0.5) is 0 Å². The van der Waals surface area contributed by atoms with Crippen LogP contribution in [-0.4, -0.2) is 20.7 Å². The second kappa shape index (κ2) is 6.40. The SMILES string of the molecule is CCn1c(SCc2cccc(C(=O)NN)c2)n[nH]c1=O. The first-order chi connectivity index (χ1) is 9.65. The van der Waals surface area contributed by atoms with Gasteiger partial charge in [0.05, 0.1) is 0 Å². The van der Waals surface area contributed by atoms with Gasteiger partial charge in [0.25, 0.3) is 5.91 Å². The third-order valence-corrected chi connectivity index (χ3v) is 3.78. The van der Waals surface area contributed by atoms with Crippen molar-refractivity contribution < 1.29 is 4.79 Å². The Morgan fingerprint density at radius 2 is 2.35 bits per heavy atom. The fourth-order valence-electron chi connectivity index (χ4n) is 1.73. The van der Waals surface area contributed by atoms with Crippen molar-refractivity contribution in [2.24, 2.45) is 5.84 Å². The number of aromatic amines is 1. The summed E-state index contributed by atoms with van der Waals surface area (Å²) < 4.78 is 1.56. The van der Waals surface area contributed by atoms with Crippen molar-refractivity contribution >= 4 is 17.7 Å². The molecule has 0 bridgehead atoms. The van der Waals surface area contributed by atoms with Crippen molar-refractivity contribution in [3.63, 3.8) is 0 Å². The summed E-state index contributed by atoms with van der Waals surface area (Å²) in [6, 6.07) is 7.14. The topological polar surface area (TPSA) is 106 Å². The molecule has 0 radical (unpaired) electrons. The highest BCUT2D eigenvalue weighted by Crippen LogP contribution is 2.20. The number of nitrogens with one attached hydrogen (secondary N) is 2. The van der Waals surface area contributed by atoms with Crippen molar-refractivity contribution in [2.75, 3.05) is 0 Å². The molecule has 1 aromatic heterocycles. The molecule has 1 heterocycles. The fourth-order valence-corrected chi connectivity index (χ4v) is 2.68. The Hall–Kier alpha value is -2.06. The molecule has 0 aliphatic rings. The Morgan fingerprint density at radius 1 is 1.55 bits per heavy atom. The number of H-pyrrole nitrogens is 1. The summed E-state index contributed by atoms with van der Waals surface area (Å²) in [5, 5.41) is 7.01. The number of carbonyl (C=O) groups excluding carboxylic acids is 1. The largest absolute Gasteiger partial charge is 0.343 e. The van der Waals surface area contributed by atoms with Gasteiger partial charge in [0.1, 0.15) is 0 Å². The molecule has 0 aliphatic carbocycles. The van der Waals surface area contributed by atoms with Gasteiger partial charge >= 0.3 is 5.69 Å². The van der Waals surface area contributed by atoms with E-state index in [9.17, 15) is 9.59 Å². The first kappa shape index (κ1) is 14.4. The first-order valence-corrected chi connectivity index (χ1v) is 7.02. The third kappa shape index (κ3) is 3.09. The number of nitrogens with zero attached hydrogens (tertiary/aromatic N) is 2. The van der Waals surface area contributed by atoms with E-state index in [1.165, 1.54) is 11.8 Å². The van der Waals surface area contributed by atoms with E-state index in [0.717, 1.165) is 5.56 Å². The lowest BCUT2D eigenvalue weighted by Crippen LogP contribution is -2.29. The van der Waals surface area contributed by atoms with Gasteiger partial charge in [-0.25, -0.2) is 15.7 Å². The molecule has 4 N–H and O–H groups in total. The highest BCUT2D eigenvalue weighted by molar-refractivity contribution is 7.98. The van der Waals surface area contributed by atoms with Crippen molar-refractivity contribution in [2.45, 2.75) is 24.4 Å². The van der Waals surface area contributed by atoms with Crippen molar-refractivity contribution in [1.29, 1.82) is 0 Å². The molecule has 0 fully saturated rings. The molecule has 2 aromatic rings. The predicted octanol–water partition coefficient (Wildman–Crippen LogP) is 0.487. The first-order valence-electron chi connectivity index (χ1n) is 6.03. The molecule has 0 aliphatic heterocycles. The summed E-state index contributed by atoms with van der Waals surface area (Å²) in [6.45, 7) is 2.44. The number of aromatic nitrogens is 3. The number of carbonyl (C=O) groups is 1. The smallest absolute Gasteiger partial charge is 0.290 e. The molecule has 7 nitrogen and oxygen atoms in total. The van der Waals surface area contributed by atoms with Crippen LogP contribution in [0.5, 0.6) is 0 Å². The number of hydrogen-bond acceptors (Lipinski definition) is 5. The second-order valence-electron chi connectivity index (χ2n) is 4.02. The van der Waals surface area contributed by atoms with Gasteiger partial charge in [0.15, 0.2) is 5.16 Å². The van der Waals surface area contributed by atoms with E-state index in [2.05, 4.69) is 15.6 Å². The summed E-state index contributed by atoms with van der Waals surface area (Å²) in [5.74, 6) is 5.38. The zero-order valence-electron chi connectivity index (χ0n) is 10.9. The summed E-state index contributed by atoms with van der Waals surface area (Å²) in [5.41, 5.74) is 3.33. The normalized spacial score (nSPS) is 10.5. The summed E-state index contributed by atoms with van der Waals surface area (Å²) >= 11 is 1.43. The molecule has 106 valence electrons. The van der Waals surface area contributed by atoms with Crippen LogP contribution in [0.1, 0.15) is 22.8 Å². The maximum Gasteiger partial charge on any atom is 0.343 e. The van der Waals surface area contributed by atoms with Crippen LogP contribution in [0.2, 0.25) is 0 Å². The molecule has 0 spiro atoms. The zero-order chi connectivity index (χ0) is 14.5. The predicted molar refractivity (Wildman–Crippen MR) is 76.2 cm³/mol. The van der Waals surface area contributed by atoms with Crippen LogP contribution >= 0.6 is 11.8 Å². The van der Waals surface area contributed by atoms with E-state index in [-0.39, 0.29) is 11.6 Å². The number of benzene rings is 1. The number of amides is 1. The molecule has 0 saturated carbocycles. The van der Waals surface area contributed by atoms with Crippen molar-refractivity contribution in [3.8, 4) is 0 Å². The van der Waals surface area contributed by atoms with Crippen LogP contribution < -0.4 is 17.0 Å². The van der Waals surface area contributed by atoms with Crippen molar-refractivity contribution in [1.82, 2.24) is 20.2 Å². The molecule has 1 aromatic carbocycles. The van der Waals surface area contributed by atoms with Crippen LogP contribution in [0.3, 0.4) is 0 Å². The van der Waals surface area contributed by atoms with Gasteiger partial charge in [-0.3, -0.25) is 14.8 Å². The van der Waals surface area contributed by atoms with E-state index in [1.54, 1.807) is 22.8 Å².